The van der Waals surface area contributed by atoms with E-state index >= 15 is 0 Å². The fraction of sp³-hybridized carbons (Fsp3) is 0.615. The second kappa shape index (κ2) is 7.58. The Hall–Kier alpha value is -1.38. The van der Waals surface area contributed by atoms with Gasteiger partial charge in [-0.1, -0.05) is 11.8 Å². The Labute approximate surface area is 127 Å². The van der Waals surface area contributed by atoms with E-state index in [2.05, 4.69) is 28.9 Å². The van der Waals surface area contributed by atoms with Crippen LogP contribution in [0.1, 0.15) is 13.8 Å². The van der Waals surface area contributed by atoms with Gasteiger partial charge in [-0.3, -0.25) is 4.79 Å². The number of aliphatic hydroxyl groups excluding tert-OH is 1. The monoisotopic (exact) mass is 312 g/mol. The van der Waals surface area contributed by atoms with Crippen molar-refractivity contribution in [2.45, 2.75) is 25.5 Å². The fourth-order valence-electron chi connectivity index (χ4n) is 2.17. The Morgan fingerprint density at radius 1 is 1.43 bits per heavy atom. The molecule has 7 nitrogen and oxygen atoms in total. The Morgan fingerprint density at radius 3 is 2.86 bits per heavy atom. The number of aliphatic hydroxyl groups is 1. The molecule has 0 radical (unpaired) electrons. The average molecular weight is 312 g/mol. The molecule has 0 atom stereocenters. The summed E-state index contributed by atoms with van der Waals surface area (Å²) < 4.78 is 1.56. The molecule has 2 heterocycles. The molecule has 0 aromatic carbocycles. The summed E-state index contributed by atoms with van der Waals surface area (Å²) in [6.45, 7) is 7.89. The maximum atomic E-state index is 12.0. The number of fused-ring (bicyclic) bond motifs is 1. The number of nitrogens with one attached hydrogen (secondary N) is 2. The molecule has 0 fully saturated rings. The minimum absolute atomic E-state index is 0.0287. The maximum Gasteiger partial charge on any atom is 0.262 e. The number of hydrogen-bond acceptors (Lipinski definition) is 5. The van der Waals surface area contributed by atoms with E-state index in [1.54, 1.807) is 16.4 Å². The molecule has 8 heteroatoms. The van der Waals surface area contributed by atoms with Crippen molar-refractivity contribution in [3.8, 4) is 0 Å². The normalized spacial score (nSPS) is 11.6. The van der Waals surface area contributed by atoms with Crippen LogP contribution in [0.25, 0.3) is 11.0 Å². The van der Waals surface area contributed by atoms with Gasteiger partial charge in [0, 0.05) is 0 Å². The third-order valence-electron chi connectivity index (χ3n) is 3.49. The zero-order valence-electron chi connectivity index (χ0n) is 12.4. The standard InChI is InChI=1S/C13H21N5O2S/c1-3-17(4-2)6-8-21-13-15-11-10(12(20)16-13)9-14-18(11)5-7-19/h9,19H,3-8H2,1-2H3,(H,15,16,20)/p+1. The Morgan fingerprint density at radius 2 is 2.19 bits per heavy atom. The molecule has 0 saturated heterocycles. The van der Waals surface area contributed by atoms with Crippen molar-refractivity contribution >= 4 is 22.8 Å². The Balaban J connectivity index is 2.13. The van der Waals surface area contributed by atoms with Gasteiger partial charge in [0.15, 0.2) is 10.8 Å². The second-order valence-corrected chi connectivity index (χ2v) is 5.84. The lowest BCUT2D eigenvalue weighted by Gasteiger charge is -2.14. The van der Waals surface area contributed by atoms with Crippen molar-refractivity contribution < 1.29 is 10.0 Å². The molecule has 3 N–H and O–H groups in total. The minimum atomic E-state index is -0.179. The molecular formula is C13H22N5O2S+. The molecule has 2 aromatic heterocycles. The van der Waals surface area contributed by atoms with E-state index < -0.39 is 0 Å². The first-order chi connectivity index (χ1) is 10.2. The van der Waals surface area contributed by atoms with E-state index in [9.17, 15) is 4.79 Å². The van der Waals surface area contributed by atoms with Crippen LogP contribution in [0.15, 0.2) is 16.1 Å². The molecule has 21 heavy (non-hydrogen) atoms. The quantitative estimate of drug-likeness (QED) is 0.436. The summed E-state index contributed by atoms with van der Waals surface area (Å²) in [7, 11) is 0. The molecule has 0 aliphatic carbocycles. The van der Waals surface area contributed by atoms with E-state index in [0.717, 1.165) is 25.4 Å². The van der Waals surface area contributed by atoms with Gasteiger partial charge in [0.05, 0.1) is 44.7 Å². The topological polar surface area (TPSA) is 88.2 Å². The minimum Gasteiger partial charge on any atom is -0.394 e. The van der Waals surface area contributed by atoms with E-state index in [-0.39, 0.29) is 12.2 Å². The van der Waals surface area contributed by atoms with Crippen molar-refractivity contribution in [1.29, 1.82) is 0 Å². The highest BCUT2D eigenvalue weighted by atomic mass is 32.2. The van der Waals surface area contributed by atoms with Crippen molar-refractivity contribution in [3.05, 3.63) is 16.6 Å². The summed E-state index contributed by atoms with van der Waals surface area (Å²) in [5, 5.41) is 14.2. The number of H-pyrrole nitrogens is 1. The number of rotatable bonds is 8. The largest absolute Gasteiger partial charge is 0.394 e. The molecular weight excluding hydrogens is 290 g/mol. The van der Waals surface area contributed by atoms with Crippen molar-refractivity contribution in [3.63, 3.8) is 0 Å². The summed E-state index contributed by atoms with van der Waals surface area (Å²) in [5.41, 5.74) is 0.354. The van der Waals surface area contributed by atoms with Gasteiger partial charge in [-0.2, -0.15) is 5.10 Å². The van der Waals surface area contributed by atoms with E-state index in [0.29, 0.717) is 22.7 Å². The lowest BCUT2D eigenvalue weighted by molar-refractivity contribution is -0.893. The highest BCUT2D eigenvalue weighted by Gasteiger charge is 2.11. The highest BCUT2D eigenvalue weighted by Crippen LogP contribution is 2.13. The van der Waals surface area contributed by atoms with E-state index in [4.69, 9.17) is 5.11 Å². The van der Waals surface area contributed by atoms with Crippen molar-refractivity contribution in [1.82, 2.24) is 19.7 Å². The number of aromatic amines is 1. The van der Waals surface area contributed by atoms with Crippen LogP contribution in [-0.4, -0.2) is 56.8 Å². The maximum absolute atomic E-state index is 12.0. The van der Waals surface area contributed by atoms with Gasteiger partial charge in [-0.25, -0.2) is 9.67 Å². The molecule has 0 aliphatic heterocycles. The molecule has 0 saturated carbocycles. The zero-order chi connectivity index (χ0) is 15.2. The number of quaternary nitrogens is 1. The predicted octanol–water partition coefficient (Wildman–Crippen LogP) is -0.871. The Kier molecular flexibility index (Phi) is 5.77. The summed E-state index contributed by atoms with van der Waals surface area (Å²) >= 11 is 1.55. The van der Waals surface area contributed by atoms with Gasteiger partial charge in [-0.05, 0) is 13.8 Å². The molecule has 0 spiro atoms. The van der Waals surface area contributed by atoms with Gasteiger partial charge in [0.1, 0.15) is 5.39 Å². The number of aromatic nitrogens is 4. The van der Waals surface area contributed by atoms with Gasteiger partial charge in [-0.15, -0.1) is 0 Å². The lowest BCUT2D eigenvalue weighted by atomic mass is 10.4. The SMILES string of the molecule is CC[NH+](CC)CCSc1nc2c(cnn2CCO)c(=O)[nH]1. The number of thioether (sulfide) groups is 1. The van der Waals surface area contributed by atoms with Gasteiger partial charge < -0.3 is 15.0 Å². The van der Waals surface area contributed by atoms with E-state index in [1.165, 1.54) is 11.1 Å². The van der Waals surface area contributed by atoms with Crippen LogP contribution in [-0.2, 0) is 6.54 Å². The third kappa shape index (κ3) is 3.84. The second-order valence-electron chi connectivity index (χ2n) is 4.76. The van der Waals surface area contributed by atoms with Gasteiger partial charge >= 0.3 is 0 Å². The first-order valence-corrected chi connectivity index (χ1v) is 8.21. The van der Waals surface area contributed by atoms with Crippen LogP contribution in [0.4, 0.5) is 0 Å². The Bertz CT molecular complexity index is 635. The van der Waals surface area contributed by atoms with Gasteiger partial charge in [0.2, 0.25) is 0 Å². The van der Waals surface area contributed by atoms with Crippen LogP contribution < -0.4 is 10.5 Å². The van der Waals surface area contributed by atoms with Crippen LogP contribution >= 0.6 is 11.8 Å². The van der Waals surface area contributed by atoms with Crippen LogP contribution in [0.5, 0.6) is 0 Å². The zero-order valence-corrected chi connectivity index (χ0v) is 13.2. The van der Waals surface area contributed by atoms with E-state index in [1.807, 2.05) is 0 Å². The van der Waals surface area contributed by atoms with Crippen molar-refractivity contribution in [2.75, 3.05) is 32.0 Å². The average Bonchev–Trinajstić information content (AvgIpc) is 2.88. The molecule has 2 aromatic rings. The summed E-state index contributed by atoms with van der Waals surface area (Å²) in [6.07, 6.45) is 1.49. The molecule has 0 aliphatic rings. The van der Waals surface area contributed by atoms with Crippen LogP contribution in [0, 0.1) is 0 Å². The summed E-state index contributed by atoms with van der Waals surface area (Å²) in [5.74, 6) is 0.902. The smallest absolute Gasteiger partial charge is 0.262 e. The third-order valence-corrected chi connectivity index (χ3v) is 4.37. The number of nitrogens with zero attached hydrogens (tertiary/aromatic N) is 3. The summed E-state index contributed by atoms with van der Waals surface area (Å²) in [4.78, 5) is 20.8. The van der Waals surface area contributed by atoms with Gasteiger partial charge in [0.25, 0.3) is 5.56 Å². The first-order valence-electron chi connectivity index (χ1n) is 7.22. The number of hydrogen-bond donors (Lipinski definition) is 3. The summed E-state index contributed by atoms with van der Waals surface area (Å²) in [6, 6.07) is 0. The predicted molar refractivity (Wildman–Crippen MR) is 82.9 cm³/mol. The van der Waals surface area contributed by atoms with Crippen LogP contribution in [0.3, 0.4) is 0 Å². The molecule has 2 rings (SSSR count). The highest BCUT2D eigenvalue weighted by molar-refractivity contribution is 7.99. The van der Waals surface area contributed by atoms with Crippen molar-refractivity contribution in [2.24, 2.45) is 0 Å². The molecule has 116 valence electrons. The first kappa shape index (κ1) is 16.0. The molecule has 0 amide bonds. The van der Waals surface area contributed by atoms with Crippen LogP contribution in [0.2, 0.25) is 0 Å². The lowest BCUT2D eigenvalue weighted by Crippen LogP contribution is -3.11. The molecule has 0 unspecified atom stereocenters. The fourth-order valence-corrected chi connectivity index (χ4v) is 3.07. The molecule has 0 bridgehead atoms.